The zero-order chi connectivity index (χ0) is 13.3. The van der Waals surface area contributed by atoms with Gasteiger partial charge in [0.1, 0.15) is 6.23 Å². The normalized spacial score (nSPS) is 27.6. The van der Waals surface area contributed by atoms with Gasteiger partial charge in [0.25, 0.3) is 0 Å². The molecule has 18 heavy (non-hydrogen) atoms. The second-order valence-corrected chi connectivity index (χ2v) is 4.15. The molecule has 1 fully saturated rings. The zero-order valence-corrected chi connectivity index (χ0v) is 9.49. The molecule has 7 nitrogen and oxygen atoms in total. The summed E-state index contributed by atoms with van der Waals surface area (Å²) in [4.78, 5) is 14.9. The summed E-state index contributed by atoms with van der Waals surface area (Å²) >= 11 is 0. The molecule has 0 aromatic carbocycles. The van der Waals surface area contributed by atoms with Crippen LogP contribution in [0, 0.1) is 11.7 Å². The Kier molecular flexibility index (Phi) is 3.60. The van der Waals surface area contributed by atoms with E-state index in [4.69, 9.17) is 20.7 Å². The molecule has 0 saturated carbocycles. The summed E-state index contributed by atoms with van der Waals surface area (Å²) in [6.45, 7) is -0.456. The molecule has 2 rings (SSSR count). The van der Waals surface area contributed by atoms with Crippen LogP contribution in [0.15, 0.2) is 11.0 Å². The predicted octanol–water partition coefficient (Wildman–Crippen LogP) is -1.15. The van der Waals surface area contributed by atoms with Gasteiger partial charge in [-0.2, -0.15) is 4.98 Å². The van der Waals surface area contributed by atoms with Crippen molar-refractivity contribution in [2.75, 3.05) is 18.9 Å². The highest BCUT2D eigenvalue weighted by atomic mass is 19.1. The number of halogens is 1. The lowest BCUT2D eigenvalue weighted by Crippen LogP contribution is -2.29. The Morgan fingerprint density at radius 3 is 2.83 bits per heavy atom. The van der Waals surface area contributed by atoms with E-state index in [-0.39, 0.29) is 19.1 Å². The summed E-state index contributed by atoms with van der Waals surface area (Å²) in [6.07, 6.45) is -0.113. The summed E-state index contributed by atoms with van der Waals surface area (Å²) < 4.78 is 19.6. The van der Waals surface area contributed by atoms with Crippen LogP contribution in [-0.4, -0.2) is 39.1 Å². The average Bonchev–Trinajstić information content (AvgIpc) is 2.76. The van der Waals surface area contributed by atoms with Crippen LogP contribution in [0.1, 0.15) is 12.6 Å². The van der Waals surface area contributed by atoms with Crippen molar-refractivity contribution in [3.05, 3.63) is 22.5 Å². The minimum absolute atomic E-state index is 0.179. The number of nitrogens with two attached hydrogens (primary N) is 1. The first kappa shape index (κ1) is 12.9. The van der Waals surface area contributed by atoms with E-state index < -0.39 is 29.7 Å². The molecule has 0 aliphatic carbocycles. The van der Waals surface area contributed by atoms with E-state index >= 15 is 0 Å². The fraction of sp³-hybridized carbons (Fsp3) is 0.600. The minimum Gasteiger partial charge on any atom is -0.396 e. The second kappa shape index (κ2) is 5.01. The van der Waals surface area contributed by atoms with Gasteiger partial charge in [-0.25, -0.2) is 9.18 Å². The molecular weight excluding hydrogens is 245 g/mol. The number of aliphatic hydroxyl groups excluding tert-OH is 2. The molecule has 3 atom stereocenters. The maximum absolute atomic E-state index is 13.3. The van der Waals surface area contributed by atoms with Gasteiger partial charge < -0.3 is 20.7 Å². The second-order valence-electron chi connectivity index (χ2n) is 4.15. The Morgan fingerprint density at radius 1 is 1.56 bits per heavy atom. The Morgan fingerprint density at radius 2 is 2.28 bits per heavy atom. The maximum atomic E-state index is 13.3. The highest BCUT2D eigenvalue weighted by molar-refractivity contribution is 5.26. The Labute approximate surface area is 102 Å². The monoisotopic (exact) mass is 259 g/mol. The molecule has 0 radical (unpaired) electrons. The maximum Gasteiger partial charge on any atom is 0.351 e. The van der Waals surface area contributed by atoms with Crippen molar-refractivity contribution < 1.29 is 19.3 Å². The Bertz CT molecular complexity index is 481. The third kappa shape index (κ3) is 2.22. The van der Waals surface area contributed by atoms with Crippen LogP contribution in [0.3, 0.4) is 0 Å². The predicted molar refractivity (Wildman–Crippen MR) is 59.1 cm³/mol. The van der Waals surface area contributed by atoms with Gasteiger partial charge in [-0.05, 0) is 0 Å². The molecule has 4 N–H and O–H groups in total. The van der Waals surface area contributed by atoms with Gasteiger partial charge in [0.15, 0.2) is 11.6 Å². The molecule has 2 heterocycles. The van der Waals surface area contributed by atoms with Crippen molar-refractivity contribution in [1.29, 1.82) is 0 Å². The number of hydrogen-bond acceptors (Lipinski definition) is 6. The summed E-state index contributed by atoms with van der Waals surface area (Å²) in [5, 5.41) is 18.2. The van der Waals surface area contributed by atoms with Crippen molar-refractivity contribution in [3.8, 4) is 0 Å². The lowest BCUT2D eigenvalue weighted by molar-refractivity contribution is -0.0368. The van der Waals surface area contributed by atoms with Crippen molar-refractivity contribution in [1.82, 2.24) is 9.55 Å². The van der Waals surface area contributed by atoms with Crippen molar-refractivity contribution in [3.63, 3.8) is 0 Å². The number of anilines is 1. The molecular formula is C10H14FN3O4. The standard InChI is InChI=1S/C10H14FN3O4/c11-6-2-14(10(17)13-9(6)12)8-1-5(3-15)7(4-16)18-8/h2,5,7-8,15-16H,1,3-4H2,(H2,12,13,17)/t5-,7-,8?/m1/s1. The van der Waals surface area contributed by atoms with Crippen LogP contribution in [0.5, 0.6) is 0 Å². The van der Waals surface area contributed by atoms with E-state index in [1.54, 1.807) is 0 Å². The number of aromatic nitrogens is 2. The number of aliphatic hydroxyl groups is 2. The Balaban J connectivity index is 2.28. The van der Waals surface area contributed by atoms with Gasteiger partial charge in [0.05, 0.1) is 18.9 Å². The number of nitrogen functional groups attached to an aromatic ring is 1. The van der Waals surface area contributed by atoms with E-state index in [0.717, 1.165) is 10.8 Å². The van der Waals surface area contributed by atoms with E-state index in [9.17, 15) is 9.18 Å². The first-order valence-electron chi connectivity index (χ1n) is 5.48. The van der Waals surface area contributed by atoms with Gasteiger partial charge in [0.2, 0.25) is 0 Å². The topological polar surface area (TPSA) is 111 Å². The molecule has 1 unspecified atom stereocenters. The molecule has 100 valence electrons. The van der Waals surface area contributed by atoms with E-state index in [1.807, 2.05) is 0 Å². The molecule has 0 amide bonds. The van der Waals surface area contributed by atoms with Gasteiger partial charge in [-0.15, -0.1) is 0 Å². The SMILES string of the molecule is Nc1nc(=O)n(C2C[C@H](CO)[C@@H](CO)O2)cc1F. The molecule has 1 aromatic heterocycles. The highest BCUT2D eigenvalue weighted by Gasteiger charge is 2.36. The van der Waals surface area contributed by atoms with Gasteiger partial charge >= 0.3 is 5.69 Å². The quantitative estimate of drug-likeness (QED) is 0.632. The van der Waals surface area contributed by atoms with Gasteiger partial charge in [0, 0.05) is 18.9 Å². The lowest BCUT2D eigenvalue weighted by atomic mass is 10.0. The van der Waals surface area contributed by atoms with Crippen molar-refractivity contribution in [2.45, 2.75) is 18.8 Å². The third-order valence-electron chi connectivity index (χ3n) is 3.02. The molecule has 1 aliphatic heterocycles. The first-order chi connectivity index (χ1) is 8.56. The third-order valence-corrected chi connectivity index (χ3v) is 3.02. The Hall–Kier alpha value is -1.51. The molecule has 1 saturated heterocycles. The number of rotatable bonds is 3. The van der Waals surface area contributed by atoms with E-state index in [1.165, 1.54) is 0 Å². The summed E-state index contributed by atoms with van der Waals surface area (Å²) in [6, 6.07) is 0. The molecule has 1 aliphatic rings. The van der Waals surface area contributed by atoms with Gasteiger partial charge in [-0.3, -0.25) is 4.57 Å². The molecule has 1 aromatic rings. The smallest absolute Gasteiger partial charge is 0.351 e. The first-order valence-corrected chi connectivity index (χ1v) is 5.48. The largest absolute Gasteiger partial charge is 0.396 e. The number of hydrogen-bond donors (Lipinski definition) is 3. The number of ether oxygens (including phenoxy) is 1. The minimum atomic E-state index is -0.814. The van der Waals surface area contributed by atoms with Crippen LogP contribution in [0.25, 0.3) is 0 Å². The van der Waals surface area contributed by atoms with Crippen LogP contribution in [0.4, 0.5) is 10.2 Å². The van der Waals surface area contributed by atoms with E-state index in [2.05, 4.69) is 4.98 Å². The van der Waals surface area contributed by atoms with Crippen molar-refractivity contribution >= 4 is 5.82 Å². The molecule has 0 bridgehead atoms. The lowest BCUT2D eigenvalue weighted by Gasteiger charge is -2.14. The number of nitrogens with zero attached hydrogens (tertiary/aromatic N) is 2. The highest BCUT2D eigenvalue weighted by Crippen LogP contribution is 2.32. The molecule has 8 heteroatoms. The van der Waals surface area contributed by atoms with Crippen molar-refractivity contribution in [2.24, 2.45) is 5.92 Å². The van der Waals surface area contributed by atoms with Crippen LogP contribution in [0.2, 0.25) is 0 Å². The summed E-state index contributed by atoms with van der Waals surface area (Å²) in [5.74, 6) is -1.58. The molecule has 0 spiro atoms. The zero-order valence-electron chi connectivity index (χ0n) is 9.49. The van der Waals surface area contributed by atoms with Crippen LogP contribution in [-0.2, 0) is 4.74 Å². The van der Waals surface area contributed by atoms with Gasteiger partial charge in [-0.1, -0.05) is 0 Å². The average molecular weight is 259 g/mol. The van der Waals surface area contributed by atoms with E-state index in [0.29, 0.717) is 6.42 Å². The fourth-order valence-electron chi connectivity index (χ4n) is 2.01. The van der Waals surface area contributed by atoms with Crippen LogP contribution >= 0.6 is 0 Å². The summed E-state index contributed by atoms with van der Waals surface area (Å²) in [5.41, 5.74) is 4.45. The fourth-order valence-corrected chi connectivity index (χ4v) is 2.01. The summed E-state index contributed by atoms with van der Waals surface area (Å²) in [7, 11) is 0. The van der Waals surface area contributed by atoms with Crippen LogP contribution < -0.4 is 11.4 Å².